The number of carbonyl (C=O) groups excluding carboxylic acids is 2. The number of likely N-dealkylation sites (N-methyl/N-ethyl adjacent to an activating group) is 1. The molecule has 6 nitrogen and oxygen atoms in total. The summed E-state index contributed by atoms with van der Waals surface area (Å²) in [7, 11) is 1.47. The highest BCUT2D eigenvalue weighted by Crippen LogP contribution is 2.36. The maximum atomic E-state index is 14.5. The second-order valence-corrected chi connectivity index (χ2v) is 8.76. The third-order valence-corrected chi connectivity index (χ3v) is 6.23. The van der Waals surface area contributed by atoms with Crippen molar-refractivity contribution in [1.82, 2.24) is 4.98 Å². The normalized spacial score (nSPS) is 15.5. The summed E-state index contributed by atoms with van der Waals surface area (Å²) in [5.74, 6) is -2.00. The predicted octanol–water partition coefficient (Wildman–Crippen LogP) is 5.37. The highest BCUT2D eigenvalue weighted by atomic mass is 19.4. The number of nitrogens with zero attached hydrogens (tertiary/aromatic N) is 3. The second kappa shape index (κ2) is 10.5. The van der Waals surface area contributed by atoms with Gasteiger partial charge in [-0.3, -0.25) is 9.59 Å². The molecule has 3 rings (SSSR count). The maximum absolute atomic E-state index is 14.5. The van der Waals surface area contributed by atoms with Crippen LogP contribution in [-0.2, 0) is 15.8 Å². The molecule has 1 atom stereocenters. The van der Waals surface area contributed by atoms with E-state index in [2.05, 4.69) is 23.8 Å². The van der Waals surface area contributed by atoms with Gasteiger partial charge in [-0.05, 0) is 61.6 Å². The Hall–Kier alpha value is -3.43. The zero-order valence-corrected chi connectivity index (χ0v) is 19.8. The first-order chi connectivity index (χ1) is 16.4. The van der Waals surface area contributed by atoms with Crippen LogP contribution in [0.4, 0.5) is 34.8 Å². The molecule has 1 aliphatic rings. The number of pyridine rings is 1. The van der Waals surface area contributed by atoms with Gasteiger partial charge in [-0.2, -0.15) is 13.2 Å². The molecule has 1 aliphatic heterocycles. The van der Waals surface area contributed by atoms with Crippen LogP contribution in [0, 0.1) is 11.7 Å². The van der Waals surface area contributed by atoms with E-state index in [0.29, 0.717) is 24.6 Å². The van der Waals surface area contributed by atoms with E-state index >= 15 is 0 Å². The average Bonchev–Trinajstić information content (AvgIpc) is 2.83. The number of alkyl halides is 3. The molecule has 1 aromatic heterocycles. The third-order valence-electron chi connectivity index (χ3n) is 6.23. The van der Waals surface area contributed by atoms with Crippen molar-refractivity contribution in [2.45, 2.75) is 38.8 Å². The molecule has 0 saturated carbocycles. The number of nitrogens with one attached hydrogen (secondary N) is 1. The molecule has 188 valence electrons. The van der Waals surface area contributed by atoms with Crippen LogP contribution >= 0.6 is 0 Å². The van der Waals surface area contributed by atoms with Gasteiger partial charge in [0.15, 0.2) is 5.82 Å². The van der Waals surface area contributed by atoms with Gasteiger partial charge in [0.25, 0.3) is 0 Å². The van der Waals surface area contributed by atoms with E-state index in [4.69, 9.17) is 0 Å². The summed E-state index contributed by atoms with van der Waals surface area (Å²) in [6, 6.07) is 6.11. The van der Waals surface area contributed by atoms with Crippen molar-refractivity contribution < 1.29 is 27.2 Å². The van der Waals surface area contributed by atoms with Gasteiger partial charge >= 0.3 is 6.18 Å². The second-order valence-electron chi connectivity index (χ2n) is 8.76. The summed E-state index contributed by atoms with van der Waals surface area (Å²) >= 11 is 0. The Bertz CT molecular complexity index is 1110. The molecule has 35 heavy (non-hydrogen) atoms. The van der Waals surface area contributed by atoms with Crippen LogP contribution < -0.4 is 15.1 Å². The van der Waals surface area contributed by atoms with Gasteiger partial charge in [-0.1, -0.05) is 19.6 Å². The molecule has 1 N–H and O–H groups in total. The monoisotopic (exact) mass is 492 g/mol. The molecular weight excluding hydrogens is 464 g/mol. The molecule has 1 saturated heterocycles. The first-order valence-electron chi connectivity index (χ1n) is 11.3. The number of hydrogen-bond donors (Lipinski definition) is 1. The van der Waals surface area contributed by atoms with Crippen LogP contribution in [0.25, 0.3) is 0 Å². The number of benzene rings is 1. The van der Waals surface area contributed by atoms with Crippen molar-refractivity contribution in [1.29, 1.82) is 0 Å². The Balaban J connectivity index is 1.90. The quantitative estimate of drug-likeness (QED) is 0.435. The average molecular weight is 493 g/mol. The minimum Gasteiger partial charge on any atom is -0.355 e. The van der Waals surface area contributed by atoms with E-state index in [-0.39, 0.29) is 17.2 Å². The molecule has 1 unspecified atom stereocenters. The molecule has 2 aromatic rings. The number of amides is 2. The lowest BCUT2D eigenvalue weighted by Crippen LogP contribution is -2.37. The van der Waals surface area contributed by atoms with Crippen LogP contribution in [0.5, 0.6) is 0 Å². The van der Waals surface area contributed by atoms with Crippen LogP contribution in [0.3, 0.4) is 0 Å². The Morgan fingerprint density at radius 1 is 1.23 bits per heavy atom. The van der Waals surface area contributed by atoms with Crippen molar-refractivity contribution in [3.8, 4) is 0 Å². The minimum atomic E-state index is -4.62. The van der Waals surface area contributed by atoms with Crippen molar-refractivity contribution >= 4 is 29.0 Å². The SMILES string of the molecule is C=CC(=O)Nc1ccc(C(C)C(=O)N(C)c2ccc(C(F)(F)F)nc2N2CCC(C)CC2)cc1F. The van der Waals surface area contributed by atoms with E-state index in [1.165, 1.54) is 30.1 Å². The van der Waals surface area contributed by atoms with Gasteiger partial charge in [-0.15, -0.1) is 0 Å². The number of aromatic nitrogens is 1. The van der Waals surface area contributed by atoms with Gasteiger partial charge in [0.1, 0.15) is 11.5 Å². The first kappa shape index (κ1) is 26.2. The summed E-state index contributed by atoms with van der Waals surface area (Å²) < 4.78 is 54.6. The van der Waals surface area contributed by atoms with Crippen molar-refractivity contribution in [2.24, 2.45) is 5.92 Å². The Morgan fingerprint density at radius 3 is 2.46 bits per heavy atom. The zero-order chi connectivity index (χ0) is 25.9. The van der Waals surface area contributed by atoms with Crippen molar-refractivity contribution in [3.05, 3.63) is 60.1 Å². The van der Waals surface area contributed by atoms with Crippen LogP contribution in [0.1, 0.15) is 43.9 Å². The number of rotatable bonds is 6. The largest absolute Gasteiger partial charge is 0.433 e. The highest BCUT2D eigenvalue weighted by Gasteiger charge is 2.35. The molecule has 2 amide bonds. The number of piperidine rings is 1. The summed E-state index contributed by atoms with van der Waals surface area (Å²) in [5, 5.41) is 2.34. The van der Waals surface area contributed by atoms with Gasteiger partial charge < -0.3 is 15.1 Å². The van der Waals surface area contributed by atoms with E-state index in [1.807, 2.05) is 0 Å². The summed E-state index contributed by atoms with van der Waals surface area (Å²) in [6.07, 6.45) is -2.00. The number of hydrogen-bond acceptors (Lipinski definition) is 4. The van der Waals surface area contributed by atoms with E-state index in [1.54, 1.807) is 11.8 Å². The van der Waals surface area contributed by atoms with E-state index in [9.17, 15) is 27.2 Å². The first-order valence-corrected chi connectivity index (χ1v) is 11.3. The molecule has 0 radical (unpaired) electrons. The van der Waals surface area contributed by atoms with Crippen LogP contribution in [0.15, 0.2) is 43.0 Å². The molecule has 1 fully saturated rings. The van der Waals surface area contributed by atoms with Gasteiger partial charge in [0.05, 0.1) is 17.3 Å². The molecule has 1 aromatic carbocycles. The van der Waals surface area contributed by atoms with E-state index < -0.39 is 35.4 Å². The van der Waals surface area contributed by atoms with E-state index in [0.717, 1.165) is 31.1 Å². The zero-order valence-electron chi connectivity index (χ0n) is 19.8. The smallest absolute Gasteiger partial charge is 0.355 e. The standard InChI is InChI=1S/C25H28F4N4O2/c1-5-22(34)30-19-7-6-17(14-18(19)26)16(3)24(35)32(4)20-8-9-21(25(27,28)29)31-23(20)33-12-10-15(2)11-13-33/h5-9,14-16H,1,10-13H2,2-4H3,(H,30,34). The van der Waals surface area contributed by atoms with Crippen molar-refractivity contribution in [3.63, 3.8) is 0 Å². The van der Waals surface area contributed by atoms with Crippen LogP contribution in [0.2, 0.25) is 0 Å². The van der Waals surface area contributed by atoms with Crippen molar-refractivity contribution in [2.75, 3.05) is 35.3 Å². The molecule has 10 heteroatoms. The Kier molecular flexibility index (Phi) is 7.82. The van der Waals surface area contributed by atoms with Crippen LogP contribution in [-0.4, -0.2) is 36.9 Å². The van der Waals surface area contributed by atoms with Gasteiger partial charge in [0.2, 0.25) is 11.8 Å². The lowest BCUT2D eigenvalue weighted by atomic mass is 9.98. The fourth-order valence-corrected chi connectivity index (χ4v) is 3.95. The molecule has 2 heterocycles. The number of halogens is 4. The molecular formula is C25H28F4N4O2. The highest BCUT2D eigenvalue weighted by molar-refractivity contribution is 6.00. The number of carbonyl (C=O) groups is 2. The fourth-order valence-electron chi connectivity index (χ4n) is 3.95. The Morgan fingerprint density at radius 2 is 1.89 bits per heavy atom. The summed E-state index contributed by atoms with van der Waals surface area (Å²) in [4.78, 5) is 31.6. The molecule has 0 aliphatic carbocycles. The lowest BCUT2D eigenvalue weighted by molar-refractivity contribution is -0.141. The van der Waals surface area contributed by atoms with Gasteiger partial charge in [-0.25, -0.2) is 9.37 Å². The summed E-state index contributed by atoms with van der Waals surface area (Å²) in [6.45, 7) is 8.04. The predicted molar refractivity (Wildman–Crippen MR) is 127 cm³/mol. The molecule has 0 spiro atoms. The third kappa shape index (κ3) is 5.98. The fraction of sp³-hybridized carbons (Fsp3) is 0.400. The minimum absolute atomic E-state index is 0.0554. The van der Waals surface area contributed by atoms with Gasteiger partial charge in [0, 0.05) is 20.1 Å². The summed E-state index contributed by atoms with van der Waals surface area (Å²) in [5.41, 5.74) is -0.480. The number of anilines is 3. The maximum Gasteiger partial charge on any atom is 0.433 e. The molecule has 0 bridgehead atoms. The topological polar surface area (TPSA) is 65.5 Å². The lowest BCUT2D eigenvalue weighted by Gasteiger charge is -2.34. The Labute approximate surface area is 201 Å².